The van der Waals surface area contributed by atoms with E-state index in [1.165, 1.54) is 53.8 Å². The average molecular weight is 464 g/mol. The highest BCUT2D eigenvalue weighted by atomic mass is 32.2. The molecule has 2 aromatic rings. The van der Waals surface area contributed by atoms with E-state index in [2.05, 4.69) is 15.0 Å². The maximum Gasteiger partial charge on any atom is 0.573 e. The van der Waals surface area contributed by atoms with Crippen LogP contribution in [0.1, 0.15) is 0 Å². The number of ether oxygens (including phenoxy) is 3. The maximum atomic E-state index is 13.0. The van der Waals surface area contributed by atoms with Crippen LogP contribution in [0.2, 0.25) is 0 Å². The van der Waals surface area contributed by atoms with Crippen molar-refractivity contribution in [3.63, 3.8) is 0 Å². The Morgan fingerprint density at radius 3 is 2.52 bits per heavy atom. The lowest BCUT2D eigenvalue weighted by Crippen LogP contribution is -2.38. The van der Waals surface area contributed by atoms with E-state index in [0.29, 0.717) is 5.69 Å². The molecule has 1 aromatic heterocycles. The summed E-state index contributed by atoms with van der Waals surface area (Å²) in [7, 11) is 0.635. The molecule has 9 nitrogen and oxygen atoms in total. The number of halogens is 3. The second-order valence-corrected chi connectivity index (χ2v) is 8.91. The van der Waals surface area contributed by atoms with Crippen molar-refractivity contribution in [1.29, 1.82) is 0 Å². The molecule has 1 fully saturated rings. The number of hydrogen-bond donors (Lipinski definition) is 1. The van der Waals surface area contributed by atoms with Gasteiger partial charge in [0.2, 0.25) is 0 Å². The number of aryl methyl sites for hydroxylation is 1. The van der Waals surface area contributed by atoms with E-state index in [4.69, 9.17) is 9.47 Å². The van der Waals surface area contributed by atoms with E-state index in [-0.39, 0.29) is 23.9 Å². The van der Waals surface area contributed by atoms with Crippen molar-refractivity contribution in [3.05, 3.63) is 36.8 Å². The Kier molecular flexibility index (Phi) is 6.79. The van der Waals surface area contributed by atoms with Gasteiger partial charge in [0.25, 0.3) is 10.0 Å². The van der Waals surface area contributed by atoms with Gasteiger partial charge < -0.3 is 24.1 Å². The molecule has 0 radical (unpaired) electrons. The van der Waals surface area contributed by atoms with Crippen LogP contribution in [-0.4, -0.2) is 68.3 Å². The molecular formula is C18H23F3N4O5S. The summed E-state index contributed by atoms with van der Waals surface area (Å²) in [6, 6.07) is 4.82. The number of rotatable bonds is 8. The quantitative estimate of drug-likeness (QED) is 0.598. The first-order valence-electron chi connectivity index (χ1n) is 9.19. The molecule has 0 spiro atoms. The number of aromatic nitrogens is 2. The van der Waals surface area contributed by atoms with Gasteiger partial charge in [-0.25, -0.2) is 13.4 Å². The van der Waals surface area contributed by atoms with Gasteiger partial charge in [0.05, 0.1) is 6.33 Å². The summed E-state index contributed by atoms with van der Waals surface area (Å²) in [5.41, 5.74) is 0.333. The molecule has 0 bridgehead atoms. The normalized spacial score (nSPS) is 20.4. The number of methoxy groups -OCH3 is 2. The van der Waals surface area contributed by atoms with Crippen LogP contribution in [0.3, 0.4) is 0 Å². The SMILES string of the molecule is COC(OC)[C@@H]1CN(S(=O)(=O)c2cn(C)cn2)C[C@@H]1Nc1cccc(OC(F)(F)F)c1. The molecule has 0 unspecified atom stereocenters. The van der Waals surface area contributed by atoms with E-state index in [1.54, 1.807) is 13.1 Å². The minimum atomic E-state index is -4.82. The Bertz CT molecular complexity index is 994. The van der Waals surface area contributed by atoms with Crippen LogP contribution in [0.15, 0.2) is 41.8 Å². The summed E-state index contributed by atoms with van der Waals surface area (Å²) in [4.78, 5) is 3.92. The molecule has 1 N–H and O–H groups in total. The summed E-state index contributed by atoms with van der Waals surface area (Å²) in [6.45, 7) is 0.110. The summed E-state index contributed by atoms with van der Waals surface area (Å²) >= 11 is 0. The second kappa shape index (κ2) is 9.02. The lowest BCUT2D eigenvalue weighted by atomic mass is 10.0. The molecule has 1 saturated heterocycles. The molecule has 1 aliphatic rings. The molecule has 2 heterocycles. The van der Waals surface area contributed by atoms with Crippen LogP contribution in [0.4, 0.5) is 18.9 Å². The summed E-state index contributed by atoms with van der Waals surface area (Å²) in [5, 5.41) is 2.99. The Morgan fingerprint density at radius 1 is 1.23 bits per heavy atom. The molecule has 31 heavy (non-hydrogen) atoms. The number of hydrogen-bond acceptors (Lipinski definition) is 7. The van der Waals surface area contributed by atoms with Crippen LogP contribution in [-0.2, 0) is 26.5 Å². The number of alkyl halides is 3. The topological polar surface area (TPSA) is 94.9 Å². The van der Waals surface area contributed by atoms with Gasteiger partial charge in [0, 0.05) is 64.3 Å². The van der Waals surface area contributed by atoms with E-state index in [9.17, 15) is 21.6 Å². The van der Waals surface area contributed by atoms with Crippen LogP contribution < -0.4 is 10.1 Å². The molecule has 13 heteroatoms. The van der Waals surface area contributed by atoms with Crippen LogP contribution in [0.25, 0.3) is 0 Å². The zero-order valence-electron chi connectivity index (χ0n) is 17.0. The third-order valence-corrected chi connectivity index (χ3v) is 6.57. The van der Waals surface area contributed by atoms with Gasteiger partial charge in [0.1, 0.15) is 5.75 Å². The molecule has 3 rings (SSSR count). The third-order valence-electron chi connectivity index (χ3n) is 4.85. The lowest BCUT2D eigenvalue weighted by molar-refractivity contribution is -0.274. The number of benzene rings is 1. The van der Waals surface area contributed by atoms with Crippen molar-refractivity contribution in [2.24, 2.45) is 13.0 Å². The fraction of sp³-hybridized carbons (Fsp3) is 0.500. The molecular weight excluding hydrogens is 441 g/mol. The van der Waals surface area contributed by atoms with Gasteiger partial charge in [-0.2, -0.15) is 4.31 Å². The van der Waals surface area contributed by atoms with Crippen molar-refractivity contribution in [2.45, 2.75) is 23.7 Å². The van der Waals surface area contributed by atoms with Crippen LogP contribution >= 0.6 is 0 Å². The van der Waals surface area contributed by atoms with Crippen LogP contribution in [0.5, 0.6) is 5.75 Å². The Morgan fingerprint density at radius 2 is 1.94 bits per heavy atom. The first kappa shape index (κ1) is 23.3. The van der Waals surface area contributed by atoms with Crippen LogP contribution in [0, 0.1) is 5.92 Å². The van der Waals surface area contributed by atoms with Crippen molar-refractivity contribution in [1.82, 2.24) is 13.9 Å². The number of nitrogens with zero attached hydrogens (tertiary/aromatic N) is 3. The Balaban J connectivity index is 1.84. The number of sulfonamides is 1. The van der Waals surface area contributed by atoms with E-state index < -0.39 is 34.6 Å². The number of nitrogens with one attached hydrogen (secondary N) is 1. The van der Waals surface area contributed by atoms with E-state index in [0.717, 1.165) is 0 Å². The first-order chi connectivity index (χ1) is 14.5. The summed E-state index contributed by atoms with van der Waals surface area (Å²) in [6.07, 6.45) is -2.78. The van der Waals surface area contributed by atoms with Gasteiger partial charge in [-0.1, -0.05) is 6.07 Å². The molecule has 1 aromatic carbocycles. The number of imidazole rings is 1. The highest BCUT2D eigenvalue weighted by Gasteiger charge is 2.44. The Hall–Kier alpha value is -2.35. The molecule has 0 amide bonds. The second-order valence-electron chi connectivity index (χ2n) is 7.03. The summed E-state index contributed by atoms with van der Waals surface area (Å²) in [5.74, 6) is -0.833. The standard InChI is InChI=1S/C18H23F3N4O5S/c1-24-10-16(22-11-24)31(26,27)25-8-14(17(28-2)29-3)15(9-25)23-12-5-4-6-13(7-12)30-18(19,20)21/h4-7,10-11,14-15,17,23H,8-9H2,1-3H3/t14-,15+/m1/s1. The van der Waals surface area contributed by atoms with E-state index >= 15 is 0 Å². The zero-order valence-corrected chi connectivity index (χ0v) is 17.9. The largest absolute Gasteiger partial charge is 0.573 e. The van der Waals surface area contributed by atoms with Gasteiger partial charge in [0.15, 0.2) is 11.3 Å². The van der Waals surface area contributed by atoms with Crippen molar-refractivity contribution >= 4 is 15.7 Å². The Labute approximate surface area is 177 Å². The zero-order chi connectivity index (χ0) is 22.8. The maximum absolute atomic E-state index is 13.0. The smallest absolute Gasteiger partial charge is 0.406 e. The van der Waals surface area contributed by atoms with Gasteiger partial charge in [-0.05, 0) is 12.1 Å². The highest BCUT2D eigenvalue weighted by Crippen LogP contribution is 2.31. The average Bonchev–Trinajstić information content (AvgIpc) is 3.29. The molecule has 2 atom stereocenters. The van der Waals surface area contributed by atoms with E-state index in [1.807, 2.05) is 0 Å². The lowest BCUT2D eigenvalue weighted by Gasteiger charge is -2.26. The van der Waals surface area contributed by atoms with Gasteiger partial charge >= 0.3 is 6.36 Å². The predicted octanol–water partition coefficient (Wildman–Crippen LogP) is 2.04. The fourth-order valence-electron chi connectivity index (χ4n) is 3.51. The predicted molar refractivity (Wildman–Crippen MR) is 104 cm³/mol. The molecule has 172 valence electrons. The molecule has 0 saturated carbocycles. The monoisotopic (exact) mass is 464 g/mol. The minimum Gasteiger partial charge on any atom is -0.406 e. The summed E-state index contributed by atoms with van der Waals surface area (Å²) < 4.78 is 81.0. The van der Waals surface area contributed by atoms with Gasteiger partial charge in [-0.3, -0.25) is 0 Å². The highest BCUT2D eigenvalue weighted by molar-refractivity contribution is 7.89. The van der Waals surface area contributed by atoms with Gasteiger partial charge in [-0.15, -0.1) is 13.2 Å². The van der Waals surface area contributed by atoms with Crippen molar-refractivity contribution < 1.29 is 35.8 Å². The van der Waals surface area contributed by atoms with Crippen molar-refractivity contribution in [2.75, 3.05) is 32.6 Å². The fourth-order valence-corrected chi connectivity index (χ4v) is 4.98. The van der Waals surface area contributed by atoms with Crippen molar-refractivity contribution in [3.8, 4) is 5.75 Å². The molecule has 0 aliphatic carbocycles. The molecule has 1 aliphatic heterocycles. The third kappa shape index (κ3) is 5.47. The minimum absolute atomic E-state index is 0.0388. The number of anilines is 1. The first-order valence-corrected chi connectivity index (χ1v) is 10.6.